The Labute approximate surface area is 90.4 Å². The van der Waals surface area contributed by atoms with Crippen LogP contribution in [0.15, 0.2) is 0 Å². The second kappa shape index (κ2) is 3.86. The minimum absolute atomic E-state index is 0.447. The van der Waals surface area contributed by atoms with Crippen LogP contribution < -0.4 is 0 Å². The molecule has 1 atom stereocenters. The van der Waals surface area contributed by atoms with E-state index in [9.17, 15) is 4.79 Å². The first-order chi connectivity index (χ1) is 6.65. The number of piperidine rings is 1. The van der Waals surface area contributed by atoms with Gasteiger partial charge in [-0.25, -0.2) is 0 Å². The van der Waals surface area contributed by atoms with E-state index in [1.54, 1.807) is 0 Å². The van der Waals surface area contributed by atoms with Gasteiger partial charge < -0.3 is 0 Å². The molecule has 0 spiro atoms. The van der Waals surface area contributed by atoms with Crippen molar-refractivity contribution in [3.8, 4) is 0 Å². The zero-order valence-electron chi connectivity index (χ0n) is 9.08. The Kier molecular flexibility index (Phi) is 2.89. The van der Waals surface area contributed by atoms with Crippen LogP contribution in [0.4, 0.5) is 0 Å². The quantitative estimate of drug-likeness (QED) is 0.714. The van der Waals surface area contributed by atoms with Crippen molar-refractivity contribution in [2.75, 3.05) is 19.3 Å². The Morgan fingerprint density at radius 1 is 1.57 bits per heavy atom. The molecule has 0 aromatic heterocycles. The fourth-order valence-corrected chi connectivity index (χ4v) is 3.03. The molecular formula is C11H19NOS. The van der Waals surface area contributed by atoms with Crippen LogP contribution >= 0.6 is 11.8 Å². The molecule has 0 aromatic carbocycles. The van der Waals surface area contributed by atoms with Crippen LogP contribution in [0.5, 0.6) is 0 Å². The molecule has 2 rings (SSSR count). The molecule has 1 heterocycles. The number of carbonyl (C=O) groups is 1. The molecule has 2 nitrogen and oxygen atoms in total. The molecule has 80 valence electrons. The first kappa shape index (κ1) is 10.5. The van der Waals surface area contributed by atoms with Crippen molar-refractivity contribution in [3.63, 3.8) is 0 Å². The SMILES string of the molecule is CSC1(CN2CCC(=O)CC2C)CC1. The lowest BCUT2D eigenvalue weighted by atomic mass is 10.0. The van der Waals surface area contributed by atoms with Crippen LogP contribution in [0.25, 0.3) is 0 Å². The van der Waals surface area contributed by atoms with Crippen molar-refractivity contribution in [2.45, 2.75) is 43.4 Å². The third-order valence-electron chi connectivity index (χ3n) is 3.56. The molecule has 1 saturated heterocycles. The lowest BCUT2D eigenvalue weighted by Gasteiger charge is -2.35. The molecule has 0 aromatic rings. The number of nitrogens with zero attached hydrogens (tertiary/aromatic N) is 1. The van der Waals surface area contributed by atoms with Crippen molar-refractivity contribution < 1.29 is 4.79 Å². The first-order valence-electron chi connectivity index (χ1n) is 5.46. The molecule has 2 aliphatic rings. The zero-order chi connectivity index (χ0) is 10.2. The van der Waals surface area contributed by atoms with Crippen LogP contribution in [-0.4, -0.2) is 40.8 Å². The van der Waals surface area contributed by atoms with Gasteiger partial charge in [-0.2, -0.15) is 11.8 Å². The van der Waals surface area contributed by atoms with Crippen LogP contribution in [0.1, 0.15) is 32.6 Å². The summed E-state index contributed by atoms with van der Waals surface area (Å²) in [6.07, 6.45) is 6.49. The van der Waals surface area contributed by atoms with Gasteiger partial charge in [0.15, 0.2) is 0 Å². The minimum Gasteiger partial charge on any atom is -0.300 e. The zero-order valence-corrected chi connectivity index (χ0v) is 9.90. The van der Waals surface area contributed by atoms with Gasteiger partial charge in [0.25, 0.3) is 0 Å². The number of likely N-dealkylation sites (tertiary alicyclic amines) is 1. The Bertz CT molecular complexity index is 237. The summed E-state index contributed by atoms with van der Waals surface area (Å²) >= 11 is 2.01. The maximum Gasteiger partial charge on any atom is 0.135 e. The summed E-state index contributed by atoms with van der Waals surface area (Å²) in [6, 6.07) is 0.473. The van der Waals surface area contributed by atoms with Gasteiger partial charge in [-0.1, -0.05) is 0 Å². The smallest absolute Gasteiger partial charge is 0.135 e. The molecule has 1 aliphatic carbocycles. The lowest BCUT2D eigenvalue weighted by Crippen LogP contribution is -2.44. The van der Waals surface area contributed by atoms with E-state index in [4.69, 9.17) is 0 Å². The molecule has 14 heavy (non-hydrogen) atoms. The Hall–Kier alpha value is -0.0200. The maximum absolute atomic E-state index is 11.2. The molecule has 1 saturated carbocycles. The predicted octanol–water partition coefficient (Wildman–Crippen LogP) is 1.94. The fraction of sp³-hybridized carbons (Fsp3) is 0.909. The first-order valence-corrected chi connectivity index (χ1v) is 6.69. The molecule has 1 aliphatic heterocycles. The standard InChI is InChI=1S/C11H19NOS/c1-9-7-10(13)3-6-12(9)8-11(14-2)4-5-11/h9H,3-8H2,1-2H3. The van der Waals surface area contributed by atoms with Gasteiger partial charge in [0.2, 0.25) is 0 Å². The van der Waals surface area contributed by atoms with Crippen molar-refractivity contribution in [2.24, 2.45) is 0 Å². The van der Waals surface area contributed by atoms with Crippen LogP contribution in [0, 0.1) is 0 Å². The lowest BCUT2D eigenvalue weighted by molar-refractivity contribution is -0.122. The monoisotopic (exact) mass is 213 g/mol. The van der Waals surface area contributed by atoms with Crippen molar-refractivity contribution in [1.82, 2.24) is 4.90 Å². The van der Waals surface area contributed by atoms with Crippen LogP contribution in [0.2, 0.25) is 0 Å². The van der Waals surface area contributed by atoms with Gasteiger partial charge in [0.1, 0.15) is 5.78 Å². The molecule has 0 bridgehead atoms. The van der Waals surface area contributed by atoms with E-state index in [0.29, 0.717) is 16.6 Å². The summed E-state index contributed by atoms with van der Waals surface area (Å²) in [4.78, 5) is 13.7. The molecule has 2 fully saturated rings. The number of hydrogen-bond donors (Lipinski definition) is 0. The van der Waals surface area contributed by atoms with Crippen LogP contribution in [0.3, 0.4) is 0 Å². The molecule has 0 N–H and O–H groups in total. The van der Waals surface area contributed by atoms with E-state index in [1.807, 2.05) is 11.8 Å². The van der Waals surface area contributed by atoms with E-state index in [1.165, 1.54) is 19.4 Å². The summed E-state index contributed by atoms with van der Waals surface area (Å²) in [6.45, 7) is 4.37. The molecular weight excluding hydrogens is 194 g/mol. The normalized spacial score (nSPS) is 31.9. The van der Waals surface area contributed by atoms with Gasteiger partial charge in [-0.15, -0.1) is 0 Å². The van der Waals surface area contributed by atoms with Crippen LogP contribution in [-0.2, 0) is 4.79 Å². The van der Waals surface area contributed by atoms with Gasteiger partial charge >= 0.3 is 0 Å². The Balaban J connectivity index is 1.89. The Morgan fingerprint density at radius 3 is 2.79 bits per heavy atom. The topological polar surface area (TPSA) is 20.3 Å². The number of Topliss-reactive ketones (excluding diaryl/α,β-unsaturated/α-hetero) is 1. The number of rotatable bonds is 3. The third kappa shape index (κ3) is 2.14. The van der Waals surface area contributed by atoms with Gasteiger partial charge in [-0.05, 0) is 26.0 Å². The number of hydrogen-bond acceptors (Lipinski definition) is 3. The number of carbonyl (C=O) groups excluding carboxylic acids is 1. The largest absolute Gasteiger partial charge is 0.300 e. The highest BCUT2D eigenvalue weighted by molar-refractivity contribution is 8.00. The Morgan fingerprint density at radius 2 is 2.29 bits per heavy atom. The van der Waals surface area contributed by atoms with Crippen molar-refractivity contribution in [1.29, 1.82) is 0 Å². The molecule has 0 radical (unpaired) electrons. The van der Waals surface area contributed by atoms with E-state index >= 15 is 0 Å². The van der Waals surface area contributed by atoms with Gasteiger partial charge in [-0.3, -0.25) is 9.69 Å². The molecule has 0 amide bonds. The minimum atomic E-state index is 0.447. The third-order valence-corrected chi connectivity index (χ3v) is 4.96. The second-order valence-electron chi connectivity index (χ2n) is 4.70. The van der Waals surface area contributed by atoms with Gasteiger partial charge in [0, 0.05) is 36.7 Å². The summed E-state index contributed by atoms with van der Waals surface area (Å²) < 4.78 is 0.550. The second-order valence-corrected chi connectivity index (χ2v) is 5.97. The van der Waals surface area contributed by atoms with Gasteiger partial charge in [0.05, 0.1) is 0 Å². The summed E-state index contributed by atoms with van der Waals surface area (Å²) in [5.41, 5.74) is 0. The maximum atomic E-state index is 11.2. The average molecular weight is 213 g/mol. The van der Waals surface area contributed by atoms with E-state index < -0.39 is 0 Å². The van der Waals surface area contributed by atoms with Crippen molar-refractivity contribution in [3.05, 3.63) is 0 Å². The summed E-state index contributed by atoms with van der Waals surface area (Å²) in [5.74, 6) is 0.447. The highest BCUT2D eigenvalue weighted by Crippen LogP contribution is 2.48. The highest BCUT2D eigenvalue weighted by atomic mass is 32.2. The van der Waals surface area contributed by atoms with E-state index in [2.05, 4.69) is 18.1 Å². The van der Waals surface area contributed by atoms with E-state index in [-0.39, 0.29) is 0 Å². The number of thioether (sulfide) groups is 1. The molecule has 1 unspecified atom stereocenters. The average Bonchev–Trinajstić information content (AvgIpc) is 2.91. The number of ketones is 1. The van der Waals surface area contributed by atoms with E-state index in [0.717, 1.165) is 19.4 Å². The summed E-state index contributed by atoms with van der Waals surface area (Å²) in [7, 11) is 0. The summed E-state index contributed by atoms with van der Waals surface area (Å²) in [5, 5.41) is 0. The molecule has 3 heteroatoms. The highest BCUT2D eigenvalue weighted by Gasteiger charge is 2.44. The van der Waals surface area contributed by atoms with Crippen molar-refractivity contribution >= 4 is 17.5 Å². The fourth-order valence-electron chi connectivity index (χ4n) is 2.22. The predicted molar refractivity (Wildman–Crippen MR) is 60.8 cm³/mol.